The normalized spacial score (nSPS) is 16.3. The molecule has 5 rings (SSSR count). The number of hydrogen-bond acceptors (Lipinski definition) is 6. The van der Waals surface area contributed by atoms with E-state index in [0.29, 0.717) is 42.5 Å². The van der Waals surface area contributed by atoms with Gasteiger partial charge >= 0.3 is 0 Å². The molecule has 1 fully saturated rings. The number of fused-ring (bicyclic) bond motifs is 1. The van der Waals surface area contributed by atoms with Crippen molar-refractivity contribution in [2.75, 3.05) is 26.8 Å². The second kappa shape index (κ2) is 9.46. The van der Waals surface area contributed by atoms with Crippen molar-refractivity contribution < 1.29 is 9.53 Å². The highest BCUT2D eigenvalue weighted by Crippen LogP contribution is 2.27. The third kappa shape index (κ3) is 4.47. The highest BCUT2D eigenvalue weighted by Gasteiger charge is 2.27. The van der Waals surface area contributed by atoms with Crippen LogP contribution in [0.4, 0.5) is 0 Å². The Morgan fingerprint density at radius 2 is 2.00 bits per heavy atom. The molecule has 1 atom stereocenters. The van der Waals surface area contributed by atoms with Gasteiger partial charge in [0.15, 0.2) is 5.65 Å². The highest BCUT2D eigenvalue weighted by atomic mass is 16.5. The molecule has 0 unspecified atom stereocenters. The van der Waals surface area contributed by atoms with Crippen LogP contribution in [0.3, 0.4) is 0 Å². The van der Waals surface area contributed by atoms with E-state index in [0.717, 1.165) is 35.9 Å². The number of ether oxygens (including phenoxy) is 1. The highest BCUT2D eigenvalue weighted by molar-refractivity contribution is 6.06. The summed E-state index contributed by atoms with van der Waals surface area (Å²) in [4.78, 5) is 29.0. The molecule has 0 radical (unpaired) electrons. The fourth-order valence-corrected chi connectivity index (χ4v) is 4.46. The number of likely N-dealkylation sites (tertiary alicyclic amines) is 1. The summed E-state index contributed by atoms with van der Waals surface area (Å²) in [6, 6.07) is 9.60. The number of aromatic nitrogens is 5. The van der Waals surface area contributed by atoms with Crippen molar-refractivity contribution in [3.63, 3.8) is 0 Å². The van der Waals surface area contributed by atoms with E-state index in [1.54, 1.807) is 31.9 Å². The van der Waals surface area contributed by atoms with Crippen LogP contribution in [0.25, 0.3) is 22.3 Å². The maximum atomic E-state index is 13.7. The minimum absolute atomic E-state index is 0.00858. The van der Waals surface area contributed by atoms with Gasteiger partial charge in [0.1, 0.15) is 0 Å². The number of piperidine rings is 1. The van der Waals surface area contributed by atoms with Crippen molar-refractivity contribution >= 4 is 16.9 Å². The molecule has 8 nitrogen and oxygen atoms in total. The summed E-state index contributed by atoms with van der Waals surface area (Å²) in [7, 11) is 1.71. The summed E-state index contributed by atoms with van der Waals surface area (Å²) in [6.07, 6.45) is 10.8. The van der Waals surface area contributed by atoms with E-state index in [-0.39, 0.29) is 5.91 Å². The smallest absolute Gasteiger partial charge is 0.254 e. The third-order valence-electron chi connectivity index (χ3n) is 6.06. The molecule has 1 saturated heterocycles. The van der Waals surface area contributed by atoms with Crippen LogP contribution in [0, 0.1) is 5.92 Å². The molecule has 0 aliphatic carbocycles. The monoisotopic (exact) mass is 442 g/mol. The van der Waals surface area contributed by atoms with E-state index >= 15 is 0 Å². The van der Waals surface area contributed by atoms with Gasteiger partial charge in [-0.1, -0.05) is 6.07 Å². The van der Waals surface area contributed by atoms with Crippen LogP contribution in [0.15, 0.2) is 61.3 Å². The van der Waals surface area contributed by atoms with E-state index in [1.165, 1.54) is 0 Å². The van der Waals surface area contributed by atoms with Crippen LogP contribution < -0.4 is 0 Å². The Bertz CT molecular complexity index is 1240. The van der Waals surface area contributed by atoms with Crippen molar-refractivity contribution in [3.8, 4) is 11.3 Å². The van der Waals surface area contributed by atoms with Crippen LogP contribution in [0.1, 0.15) is 28.8 Å². The predicted octanol–water partition coefficient (Wildman–Crippen LogP) is 3.44. The summed E-state index contributed by atoms with van der Waals surface area (Å²) in [6.45, 7) is 2.63. The van der Waals surface area contributed by atoms with Gasteiger partial charge in [0.25, 0.3) is 5.91 Å². The zero-order valence-corrected chi connectivity index (χ0v) is 18.6. The molecule has 33 heavy (non-hydrogen) atoms. The lowest BCUT2D eigenvalue weighted by atomic mass is 9.97. The van der Waals surface area contributed by atoms with Gasteiger partial charge in [0.05, 0.1) is 36.0 Å². The van der Waals surface area contributed by atoms with Gasteiger partial charge in [0.2, 0.25) is 0 Å². The van der Waals surface area contributed by atoms with Crippen molar-refractivity contribution in [3.05, 3.63) is 72.4 Å². The SMILES string of the molecule is COC[C@H]1CCCN(C(=O)c2cc(-c3cccnc3)nc3c2cnn3Cc2cccnc2)C1. The molecule has 0 aromatic carbocycles. The van der Waals surface area contributed by atoms with E-state index in [9.17, 15) is 4.79 Å². The van der Waals surface area contributed by atoms with E-state index < -0.39 is 0 Å². The summed E-state index contributed by atoms with van der Waals surface area (Å²) >= 11 is 0. The molecule has 0 spiro atoms. The molecule has 1 amide bonds. The molecule has 4 aromatic heterocycles. The molecule has 8 heteroatoms. The van der Waals surface area contributed by atoms with Crippen LogP contribution in [0.2, 0.25) is 0 Å². The minimum Gasteiger partial charge on any atom is -0.384 e. The number of methoxy groups -OCH3 is 1. The van der Waals surface area contributed by atoms with Crippen molar-refractivity contribution in [1.82, 2.24) is 29.6 Å². The van der Waals surface area contributed by atoms with Crippen molar-refractivity contribution in [1.29, 1.82) is 0 Å². The van der Waals surface area contributed by atoms with Gasteiger partial charge in [-0.15, -0.1) is 0 Å². The quantitative estimate of drug-likeness (QED) is 0.455. The zero-order chi connectivity index (χ0) is 22.6. The molecule has 0 bridgehead atoms. The first kappa shape index (κ1) is 21.2. The lowest BCUT2D eigenvalue weighted by Crippen LogP contribution is -2.41. The standard InChI is InChI=1S/C25H26N6O2/c1-33-17-19-6-4-10-30(15-19)25(32)21-11-23(20-7-3-9-27-13-20)29-24-22(21)14-28-31(24)16-18-5-2-8-26-12-18/h2-3,5,7-9,11-14,19H,4,6,10,15-17H2,1H3/t19-/m0/s1. The maximum absolute atomic E-state index is 13.7. The van der Waals surface area contributed by atoms with Crippen LogP contribution >= 0.6 is 0 Å². The fourth-order valence-electron chi connectivity index (χ4n) is 4.46. The summed E-state index contributed by atoms with van der Waals surface area (Å²) in [5, 5.41) is 5.33. The van der Waals surface area contributed by atoms with Gasteiger partial charge in [-0.05, 0) is 48.6 Å². The topological polar surface area (TPSA) is 86.0 Å². The van der Waals surface area contributed by atoms with Gasteiger partial charge in [-0.25, -0.2) is 9.67 Å². The van der Waals surface area contributed by atoms with Gasteiger partial charge in [-0.3, -0.25) is 14.8 Å². The van der Waals surface area contributed by atoms with E-state index in [4.69, 9.17) is 9.72 Å². The molecule has 168 valence electrons. The molecule has 4 aromatic rings. The average molecular weight is 443 g/mol. The number of pyridine rings is 3. The molecule has 0 N–H and O–H groups in total. The Kier molecular flexibility index (Phi) is 6.08. The molecule has 0 saturated carbocycles. The summed E-state index contributed by atoms with van der Waals surface area (Å²) < 4.78 is 7.18. The van der Waals surface area contributed by atoms with Gasteiger partial charge in [-0.2, -0.15) is 5.10 Å². The molecular formula is C25H26N6O2. The minimum atomic E-state index is 0.00858. The zero-order valence-electron chi connectivity index (χ0n) is 18.6. The molecule has 1 aliphatic rings. The number of rotatable bonds is 6. The second-order valence-corrected chi connectivity index (χ2v) is 8.41. The Labute approximate surface area is 192 Å². The Morgan fingerprint density at radius 1 is 1.15 bits per heavy atom. The summed E-state index contributed by atoms with van der Waals surface area (Å²) in [5.41, 5.74) is 3.88. The first-order valence-corrected chi connectivity index (χ1v) is 11.2. The number of carbonyl (C=O) groups is 1. The first-order chi connectivity index (χ1) is 16.2. The van der Waals surface area contributed by atoms with Gasteiger partial charge < -0.3 is 9.64 Å². The van der Waals surface area contributed by atoms with E-state index in [1.807, 2.05) is 46.1 Å². The second-order valence-electron chi connectivity index (χ2n) is 8.41. The van der Waals surface area contributed by atoms with Crippen molar-refractivity contribution in [2.24, 2.45) is 5.92 Å². The Balaban J connectivity index is 1.57. The predicted molar refractivity (Wildman–Crippen MR) is 125 cm³/mol. The molecular weight excluding hydrogens is 416 g/mol. The van der Waals surface area contributed by atoms with Crippen LogP contribution in [-0.4, -0.2) is 62.3 Å². The third-order valence-corrected chi connectivity index (χ3v) is 6.06. The lowest BCUT2D eigenvalue weighted by molar-refractivity contribution is 0.0572. The van der Waals surface area contributed by atoms with Crippen molar-refractivity contribution in [2.45, 2.75) is 19.4 Å². The van der Waals surface area contributed by atoms with Gasteiger partial charge in [0, 0.05) is 50.6 Å². The maximum Gasteiger partial charge on any atom is 0.254 e. The Hall–Kier alpha value is -3.65. The number of hydrogen-bond donors (Lipinski definition) is 0. The first-order valence-electron chi connectivity index (χ1n) is 11.2. The Morgan fingerprint density at radius 3 is 2.76 bits per heavy atom. The average Bonchev–Trinajstić information content (AvgIpc) is 3.27. The molecule has 1 aliphatic heterocycles. The van der Waals surface area contributed by atoms with Crippen LogP contribution in [0.5, 0.6) is 0 Å². The summed E-state index contributed by atoms with van der Waals surface area (Å²) in [5.74, 6) is 0.366. The largest absolute Gasteiger partial charge is 0.384 e. The number of carbonyl (C=O) groups excluding carboxylic acids is 1. The number of amides is 1. The lowest BCUT2D eigenvalue weighted by Gasteiger charge is -2.32. The number of nitrogens with zero attached hydrogens (tertiary/aromatic N) is 6. The van der Waals surface area contributed by atoms with Crippen LogP contribution in [-0.2, 0) is 11.3 Å². The fraction of sp³-hybridized carbons (Fsp3) is 0.320. The molecule has 5 heterocycles. The van der Waals surface area contributed by atoms with E-state index in [2.05, 4.69) is 15.1 Å².